The van der Waals surface area contributed by atoms with Crippen LogP contribution in [0.3, 0.4) is 0 Å². The maximum Gasteiger partial charge on any atom is 0.524 e. The van der Waals surface area contributed by atoms with Gasteiger partial charge in [-0.25, -0.2) is 43.6 Å². The maximum atomic E-state index is 11.7. The Balaban J connectivity index is 0.000000178. The first-order valence-corrected chi connectivity index (χ1v) is 39.7. The van der Waals surface area contributed by atoms with E-state index in [1.807, 2.05) is 86.5 Å². The molecule has 3 amide bonds. The molecular weight excluding hydrogens is 1480 g/mol. The maximum absolute atomic E-state index is 11.7. The Kier molecular flexibility index (Phi) is 26.0. The van der Waals surface area contributed by atoms with Crippen molar-refractivity contribution in [2.45, 2.75) is 132 Å². The summed E-state index contributed by atoms with van der Waals surface area (Å²) in [6.45, 7) is 15.1. The Morgan fingerprint density at radius 3 is 1.23 bits per heavy atom. The van der Waals surface area contributed by atoms with E-state index in [1.165, 1.54) is 12.1 Å². The number of aryl methyl sites for hydroxylation is 5. The molecule has 0 unspecified atom stereocenters. The van der Waals surface area contributed by atoms with Crippen molar-refractivity contribution in [3.8, 4) is 47.7 Å². The number of hydrogen-bond acceptors (Lipinski definition) is 19. The number of phosphoric acid groups is 3. The normalized spacial score (nSPS) is 11.6. The largest absolute Gasteiger partial charge is 0.524 e. The lowest BCUT2D eigenvalue weighted by molar-refractivity contribution is -0.117. The molecule has 6 heterocycles. The molecule has 0 spiro atoms. The number of hydrogen-bond donors (Lipinski definition) is 13. The highest BCUT2D eigenvalue weighted by Gasteiger charge is 2.27. The van der Waals surface area contributed by atoms with Gasteiger partial charge in [0.05, 0.1) is 39.6 Å². The van der Waals surface area contributed by atoms with Gasteiger partial charge in [0.25, 0.3) is 11.8 Å². The van der Waals surface area contributed by atoms with E-state index in [-0.39, 0.29) is 59.9 Å². The van der Waals surface area contributed by atoms with Crippen LogP contribution in [0.4, 0.5) is 17.5 Å². The third kappa shape index (κ3) is 20.6. The molecule has 0 saturated carbocycles. The zero-order valence-electron chi connectivity index (χ0n) is 61.3. The molecule has 31 nitrogen and oxygen atoms in total. The number of aromatic hydroxyl groups is 1. The molecular formula is C77H84N15O16P3. The van der Waals surface area contributed by atoms with Gasteiger partial charge < -0.3 is 65.5 Å². The molecule has 0 aliphatic rings. The molecule has 0 bridgehead atoms. The van der Waals surface area contributed by atoms with Crippen LogP contribution in [0.2, 0.25) is 0 Å². The van der Waals surface area contributed by atoms with Gasteiger partial charge >= 0.3 is 23.5 Å². The third-order valence-electron chi connectivity index (χ3n) is 17.8. The number of nitrogen functional groups attached to an aromatic ring is 3. The summed E-state index contributed by atoms with van der Waals surface area (Å²) in [5.74, 6) is 6.04. The zero-order valence-corrected chi connectivity index (χ0v) is 64.0. The Morgan fingerprint density at radius 1 is 0.486 bits per heavy atom. The minimum Gasteiger partial charge on any atom is -0.508 e. The fourth-order valence-electron chi connectivity index (χ4n) is 12.6. The standard InChI is InChI=1S/C26H28N5O5P.C26H27N5O2.C25H29N5O9P2/c1-4-6-7-22-30-24-25(31(22)15-18-9-11-21(16(3)12-18)36-37(33,34)35)19-10-8-17(14-28-23(32)5-2)13-20(19)29-26(24)27;1-4-6-7-22-30-24-25(31(22)15-18-9-11-21(32)16(3)12-18)19-10-8-17(14-28-23(33)5-2)13-20(19)29-26(24)27;1-3-5-6-21-29-23-24(18-9-7-15(13-27-22(31)4-2)11-19(18)28-25(23)26)30(21)14-16-12-17(38-40(32,33)34)8-10-20(16)39-41(35,36)37/h2,8-13H,4,6-7,14-15H2,1,3H3,(H2,27,29)(H,28,32)(H2,33,34,35);2,8-13,32H,4,6-7,14-15H2,1,3H3,(H2,27,29)(H,28,33);4,7-12H,2-3,5-6,13-14H2,1H3,(H2,26,28)(H,27,31)(H2,32,33,34)(H2,35,36,37). The third-order valence-corrected chi connectivity index (χ3v) is 19.1. The molecule has 578 valence electrons. The van der Waals surface area contributed by atoms with Crippen molar-refractivity contribution in [3.63, 3.8) is 0 Å². The lowest BCUT2D eigenvalue weighted by Gasteiger charge is -2.17. The average molecular weight is 1570 g/mol. The zero-order chi connectivity index (χ0) is 80.2. The van der Waals surface area contributed by atoms with Crippen LogP contribution in [0.25, 0.3) is 65.8 Å². The number of unbranched alkanes of at least 4 members (excludes halogenated alkanes) is 3. The summed E-state index contributed by atoms with van der Waals surface area (Å²) >= 11 is 0. The number of nitrogens with one attached hydrogen (secondary N) is 3. The molecule has 34 heteroatoms. The summed E-state index contributed by atoms with van der Waals surface area (Å²) in [4.78, 5) is 118. The van der Waals surface area contributed by atoms with Crippen LogP contribution >= 0.6 is 23.5 Å². The van der Waals surface area contributed by atoms with Crippen molar-refractivity contribution in [1.29, 1.82) is 0 Å². The van der Waals surface area contributed by atoms with Crippen LogP contribution in [-0.2, 0) is 86.6 Å². The molecule has 6 aromatic carbocycles. The van der Waals surface area contributed by atoms with Gasteiger partial charge in [-0.2, -0.15) is 0 Å². The SMILES string of the molecule is C#CC(=O)NCc1ccc2c(c1)nc(N)c1nc(CCCC)n(Cc3ccc(O)c(C)c3)c12.C#CC(=O)NCc1ccc2c(c1)nc(N)c1nc(CCCC)n(Cc3ccc(OP(=O)(O)O)c(C)c3)c12.C=CC(=O)NCc1ccc2c(c1)nc(N)c1nc(CCCC)n(Cc3cc(OP(=O)(O)O)ccc3OP(=O)(O)O)c12. The molecule has 12 rings (SSSR count). The Labute approximate surface area is 637 Å². The molecule has 0 radical (unpaired) electrons. The highest BCUT2D eigenvalue weighted by molar-refractivity contribution is 7.47. The Morgan fingerprint density at radius 2 is 0.856 bits per heavy atom. The van der Waals surface area contributed by atoms with Crippen LogP contribution < -0.4 is 46.7 Å². The minimum atomic E-state index is -4.99. The number of rotatable bonds is 28. The number of anilines is 3. The molecule has 0 aliphatic heterocycles. The number of amides is 3. The summed E-state index contributed by atoms with van der Waals surface area (Å²) in [6.07, 6.45) is 19.2. The van der Waals surface area contributed by atoms with Gasteiger partial charge in [0.2, 0.25) is 5.91 Å². The van der Waals surface area contributed by atoms with E-state index in [0.29, 0.717) is 87.6 Å². The van der Waals surface area contributed by atoms with Gasteiger partial charge in [-0.15, -0.1) is 12.8 Å². The van der Waals surface area contributed by atoms with E-state index in [4.69, 9.17) is 68.4 Å². The number of benzene rings is 6. The topological polar surface area (TPSA) is 478 Å². The van der Waals surface area contributed by atoms with Gasteiger partial charge in [-0.05, 0) is 139 Å². The fourth-order valence-corrected chi connectivity index (χ4v) is 13.9. The first kappa shape index (κ1) is 81.8. The van der Waals surface area contributed by atoms with E-state index < -0.39 is 35.3 Å². The number of terminal acetylenes is 2. The highest BCUT2D eigenvalue weighted by Crippen LogP contribution is 2.45. The number of carbonyl (C=O) groups excluding carboxylic acids is 3. The summed E-state index contributed by atoms with van der Waals surface area (Å²) in [5, 5.41) is 20.4. The molecule has 111 heavy (non-hydrogen) atoms. The van der Waals surface area contributed by atoms with Crippen LogP contribution in [0.1, 0.15) is 121 Å². The number of aromatic nitrogens is 9. The molecule has 0 fully saturated rings. The number of phenolic OH excluding ortho intramolecular Hbond substituents is 1. The molecule has 12 aromatic rings. The number of pyridine rings is 3. The predicted octanol–water partition coefficient (Wildman–Crippen LogP) is 10.7. The molecule has 16 N–H and O–H groups in total. The van der Waals surface area contributed by atoms with Gasteiger partial charge in [-0.1, -0.05) is 107 Å². The predicted molar refractivity (Wildman–Crippen MR) is 423 cm³/mol. The summed E-state index contributed by atoms with van der Waals surface area (Å²) in [6, 6.07) is 31.2. The van der Waals surface area contributed by atoms with Crippen LogP contribution in [0.15, 0.2) is 122 Å². The average Bonchev–Trinajstić information content (AvgIpc) is 1.63. The Hall–Kier alpha value is -11.7. The van der Waals surface area contributed by atoms with Crippen molar-refractivity contribution in [2.75, 3.05) is 17.2 Å². The number of nitrogens with zero attached hydrogens (tertiary/aromatic N) is 9. The number of phosphoric ester groups is 3. The van der Waals surface area contributed by atoms with Gasteiger partial charge in [0, 0.05) is 73.7 Å². The van der Waals surface area contributed by atoms with E-state index >= 15 is 0 Å². The quantitative estimate of drug-likeness (QED) is 0.0123. The Bertz CT molecular complexity index is 5830. The van der Waals surface area contributed by atoms with Crippen LogP contribution in [0.5, 0.6) is 23.0 Å². The van der Waals surface area contributed by atoms with Crippen LogP contribution in [0, 0.1) is 38.5 Å². The number of imidazole rings is 3. The number of fused-ring (bicyclic) bond motifs is 9. The smallest absolute Gasteiger partial charge is 0.508 e. The van der Waals surface area contributed by atoms with Crippen LogP contribution in [-0.4, -0.2) is 95.8 Å². The minimum absolute atomic E-state index is 0.0705. The second-order valence-corrected chi connectivity index (χ2v) is 29.6. The van der Waals surface area contributed by atoms with E-state index in [1.54, 1.807) is 35.8 Å². The first-order chi connectivity index (χ1) is 52.8. The second-order valence-electron chi connectivity index (χ2n) is 26.1. The van der Waals surface area contributed by atoms with E-state index in [9.17, 15) is 52.8 Å². The molecule has 0 atom stereocenters. The van der Waals surface area contributed by atoms with Crippen molar-refractivity contribution in [2.24, 2.45) is 0 Å². The van der Waals surface area contributed by atoms with Crippen molar-refractivity contribution >= 4 is 124 Å². The molecule has 6 aromatic heterocycles. The van der Waals surface area contributed by atoms with Crippen molar-refractivity contribution in [1.82, 2.24) is 59.6 Å². The van der Waals surface area contributed by atoms with E-state index in [2.05, 4.69) is 66.4 Å². The van der Waals surface area contributed by atoms with Gasteiger partial charge in [-0.3, -0.25) is 43.7 Å². The van der Waals surface area contributed by atoms with Gasteiger partial charge in [0.15, 0.2) is 17.5 Å². The highest BCUT2D eigenvalue weighted by atomic mass is 31.2. The second kappa shape index (κ2) is 35.3. The van der Waals surface area contributed by atoms with Crippen molar-refractivity contribution in [3.05, 3.63) is 184 Å². The van der Waals surface area contributed by atoms with E-state index in [0.717, 1.165) is 136 Å². The molecule has 0 aliphatic carbocycles. The monoisotopic (exact) mass is 1570 g/mol. The van der Waals surface area contributed by atoms with Gasteiger partial charge in [0.1, 0.15) is 57.0 Å². The first-order valence-electron chi connectivity index (χ1n) is 35.1. The summed E-state index contributed by atoms with van der Waals surface area (Å²) in [5.41, 5.74) is 31.1. The molecule has 0 saturated heterocycles. The number of carbonyl (C=O) groups is 3. The number of nitrogens with two attached hydrogens (primary N) is 3. The lowest BCUT2D eigenvalue weighted by Crippen LogP contribution is -2.20. The number of phenols is 1. The van der Waals surface area contributed by atoms with Crippen molar-refractivity contribution < 1.29 is 76.1 Å². The summed E-state index contributed by atoms with van der Waals surface area (Å²) in [7, 11) is -14.6. The fraction of sp³-hybridized carbons (Fsp3) is 0.260. The summed E-state index contributed by atoms with van der Waals surface area (Å²) < 4.78 is 54.9. The lowest BCUT2D eigenvalue weighted by atomic mass is 10.1.